The summed E-state index contributed by atoms with van der Waals surface area (Å²) < 4.78 is 27.3. The third-order valence-corrected chi connectivity index (χ3v) is 7.19. The molecule has 9 heteroatoms. The molecule has 3 rings (SSSR count). The number of hydrogen-bond acceptors (Lipinski definition) is 6. The molecule has 1 amide bonds. The van der Waals surface area contributed by atoms with E-state index in [1.807, 2.05) is 0 Å². The van der Waals surface area contributed by atoms with Gasteiger partial charge in [-0.05, 0) is 30.4 Å². The van der Waals surface area contributed by atoms with Crippen LogP contribution in [0.3, 0.4) is 0 Å². The Morgan fingerprint density at radius 2 is 2.08 bits per heavy atom. The van der Waals surface area contributed by atoms with Crippen molar-refractivity contribution in [3.8, 4) is 0 Å². The van der Waals surface area contributed by atoms with E-state index < -0.39 is 10.0 Å². The summed E-state index contributed by atoms with van der Waals surface area (Å²) in [6.45, 7) is 0.444. The van der Waals surface area contributed by atoms with E-state index in [4.69, 9.17) is 0 Å². The van der Waals surface area contributed by atoms with Crippen molar-refractivity contribution < 1.29 is 13.2 Å². The third kappa shape index (κ3) is 3.80. The van der Waals surface area contributed by atoms with Gasteiger partial charge in [0.1, 0.15) is 4.21 Å². The minimum atomic E-state index is -3.55. The normalized spacial score (nSPS) is 19.1. The average Bonchev–Trinajstić information content (AvgIpc) is 3.11. The van der Waals surface area contributed by atoms with Gasteiger partial charge in [-0.3, -0.25) is 10.1 Å². The van der Waals surface area contributed by atoms with Gasteiger partial charge in [0.15, 0.2) is 0 Å². The zero-order valence-corrected chi connectivity index (χ0v) is 14.6. The van der Waals surface area contributed by atoms with E-state index in [2.05, 4.69) is 15.3 Å². The summed E-state index contributed by atoms with van der Waals surface area (Å²) in [4.78, 5) is 20.1. The van der Waals surface area contributed by atoms with Crippen LogP contribution in [0.15, 0.2) is 40.2 Å². The Morgan fingerprint density at radius 3 is 2.79 bits per heavy atom. The van der Waals surface area contributed by atoms with Crippen LogP contribution < -0.4 is 5.32 Å². The molecule has 1 saturated heterocycles. The van der Waals surface area contributed by atoms with Crippen molar-refractivity contribution in [1.29, 1.82) is 0 Å². The second-order valence-electron chi connectivity index (χ2n) is 5.52. The van der Waals surface area contributed by atoms with Gasteiger partial charge in [0.2, 0.25) is 11.9 Å². The number of carbonyl (C=O) groups is 1. The van der Waals surface area contributed by atoms with Gasteiger partial charge in [0.05, 0.1) is 0 Å². The van der Waals surface area contributed by atoms with Crippen LogP contribution in [0.1, 0.15) is 25.7 Å². The maximum atomic E-state index is 12.8. The van der Waals surface area contributed by atoms with Gasteiger partial charge in [0, 0.05) is 31.4 Å². The van der Waals surface area contributed by atoms with Crippen LogP contribution in [0.2, 0.25) is 0 Å². The van der Waals surface area contributed by atoms with Gasteiger partial charge in [0.25, 0.3) is 10.0 Å². The van der Waals surface area contributed by atoms with Crippen LogP contribution in [0.25, 0.3) is 0 Å². The number of nitrogens with one attached hydrogen (secondary N) is 1. The molecule has 128 valence electrons. The maximum Gasteiger partial charge on any atom is 0.252 e. The predicted molar refractivity (Wildman–Crippen MR) is 91.1 cm³/mol. The highest BCUT2D eigenvalue weighted by Crippen LogP contribution is 2.29. The molecule has 1 N–H and O–H groups in total. The highest BCUT2D eigenvalue weighted by atomic mass is 32.2. The number of hydrogen-bond donors (Lipinski definition) is 1. The fourth-order valence-electron chi connectivity index (χ4n) is 2.77. The van der Waals surface area contributed by atoms with E-state index in [9.17, 15) is 13.2 Å². The fourth-order valence-corrected chi connectivity index (χ4v) is 5.59. The van der Waals surface area contributed by atoms with Gasteiger partial charge in [-0.15, -0.1) is 11.3 Å². The number of amides is 1. The molecule has 0 unspecified atom stereocenters. The van der Waals surface area contributed by atoms with Crippen LogP contribution in [0, 0.1) is 0 Å². The molecule has 2 aromatic heterocycles. The second-order valence-corrected chi connectivity index (χ2v) is 8.59. The minimum Gasteiger partial charge on any atom is -0.294 e. The number of sulfonamides is 1. The molecule has 0 spiro atoms. The lowest BCUT2D eigenvalue weighted by Gasteiger charge is -2.33. The largest absolute Gasteiger partial charge is 0.294 e. The van der Waals surface area contributed by atoms with Crippen molar-refractivity contribution in [3.63, 3.8) is 0 Å². The van der Waals surface area contributed by atoms with Gasteiger partial charge in [-0.1, -0.05) is 12.5 Å². The SMILES string of the molecule is O=C(C[C@H]1CCCCN1S(=O)(=O)c1cccs1)Nc1ncccn1. The highest BCUT2D eigenvalue weighted by Gasteiger charge is 2.35. The number of rotatable bonds is 5. The van der Waals surface area contributed by atoms with Crippen molar-refractivity contribution in [2.24, 2.45) is 0 Å². The lowest BCUT2D eigenvalue weighted by Crippen LogP contribution is -2.45. The molecule has 0 radical (unpaired) electrons. The minimum absolute atomic E-state index is 0.100. The summed E-state index contributed by atoms with van der Waals surface area (Å²) in [5, 5.41) is 4.36. The van der Waals surface area contributed by atoms with Gasteiger partial charge >= 0.3 is 0 Å². The Kier molecular flexibility index (Phi) is 5.22. The van der Waals surface area contributed by atoms with Crippen LogP contribution in [0.4, 0.5) is 5.95 Å². The Labute approximate surface area is 144 Å². The molecule has 24 heavy (non-hydrogen) atoms. The molecule has 1 atom stereocenters. The molecule has 0 bridgehead atoms. The third-order valence-electron chi connectivity index (χ3n) is 3.87. The van der Waals surface area contributed by atoms with Crippen LogP contribution in [-0.2, 0) is 14.8 Å². The quantitative estimate of drug-likeness (QED) is 0.875. The van der Waals surface area contributed by atoms with Gasteiger partial charge in [-0.25, -0.2) is 18.4 Å². The smallest absolute Gasteiger partial charge is 0.252 e. The van der Waals surface area contributed by atoms with Crippen LogP contribution >= 0.6 is 11.3 Å². The molecule has 1 fully saturated rings. The molecule has 1 aliphatic rings. The first-order chi connectivity index (χ1) is 11.6. The molecule has 3 heterocycles. The number of thiophene rings is 1. The molecule has 0 aliphatic carbocycles. The van der Waals surface area contributed by atoms with E-state index in [-0.39, 0.29) is 24.3 Å². The summed E-state index contributed by atoms with van der Waals surface area (Å²) >= 11 is 1.20. The van der Waals surface area contributed by atoms with Crippen molar-refractivity contribution in [1.82, 2.24) is 14.3 Å². The molecular weight excluding hydrogens is 348 g/mol. The number of nitrogens with zero attached hydrogens (tertiary/aromatic N) is 3. The Morgan fingerprint density at radius 1 is 1.29 bits per heavy atom. The average molecular weight is 366 g/mol. The lowest BCUT2D eigenvalue weighted by atomic mass is 10.0. The number of carbonyl (C=O) groups excluding carboxylic acids is 1. The molecule has 2 aromatic rings. The maximum absolute atomic E-state index is 12.8. The number of anilines is 1. The van der Waals surface area contributed by atoms with E-state index in [0.29, 0.717) is 17.2 Å². The topological polar surface area (TPSA) is 92.3 Å². The molecular formula is C15H18N4O3S2. The molecule has 0 aromatic carbocycles. The Hall–Kier alpha value is -1.84. The summed E-state index contributed by atoms with van der Waals surface area (Å²) in [7, 11) is -3.55. The first-order valence-electron chi connectivity index (χ1n) is 7.69. The van der Waals surface area contributed by atoms with Crippen molar-refractivity contribution in [2.75, 3.05) is 11.9 Å². The van der Waals surface area contributed by atoms with Crippen molar-refractivity contribution in [2.45, 2.75) is 35.9 Å². The molecule has 0 saturated carbocycles. The Bertz CT molecular complexity index is 778. The van der Waals surface area contributed by atoms with Crippen molar-refractivity contribution in [3.05, 3.63) is 36.0 Å². The van der Waals surface area contributed by atoms with Gasteiger partial charge < -0.3 is 0 Å². The van der Waals surface area contributed by atoms with Crippen LogP contribution in [-0.4, -0.2) is 41.2 Å². The van der Waals surface area contributed by atoms with E-state index >= 15 is 0 Å². The highest BCUT2D eigenvalue weighted by molar-refractivity contribution is 7.91. The first kappa shape index (κ1) is 17.0. The standard InChI is InChI=1S/C15H18N4O3S2/c20-13(18-15-16-7-4-8-17-15)11-12-5-1-2-9-19(12)24(21,22)14-6-3-10-23-14/h3-4,6-8,10,12H,1-2,5,9,11H2,(H,16,17,18,20)/t12-/m1/s1. The Balaban J connectivity index is 1.72. The summed E-state index contributed by atoms with van der Waals surface area (Å²) in [5.41, 5.74) is 0. The first-order valence-corrected chi connectivity index (χ1v) is 10.0. The zero-order valence-electron chi connectivity index (χ0n) is 13.0. The monoisotopic (exact) mass is 366 g/mol. The lowest BCUT2D eigenvalue weighted by molar-refractivity contribution is -0.117. The predicted octanol–water partition coefficient (Wildman–Crippen LogP) is 2.11. The van der Waals surface area contributed by atoms with Crippen molar-refractivity contribution >= 4 is 33.2 Å². The van der Waals surface area contributed by atoms with Crippen LogP contribution in [0.5, 0.6) is 0 Å². The molecule has 7 nitrogen and oxygen atoms in total. The van der Waals surface area contributed by atoms with E-state index in [0.717, 1.165) is 12.8 Å². The number of aromatic nitrogens is 2. The summed E-state index contributed by atoms with van der Waals surface area (Å²) in [6, 6.07) is 4.64. The summed E-state index contributed by atoms with van der Waals surface area (Å²) in [5.74, 6) is -0.0505. The fraction of sp³-hybridized carbons (Fsp3) is 0.400. The van der Waals surface area contributed by atoms with Gasteiger partial charge in [-0.2, -0.15) is 4.31 Å². The van der Waals surface area contributed by atoms with E-state index in [1.54, 1.807) is 23.6 Å². The number of piperidine rings is 1. The molecule has 1 aliphatic heterocycles. The second kappa shape index (κ2) is 7.37. The van der Waals surface area contributed by atoms with E-state index in [1.165, 1.54) is 28.0 Å². The zero-order chi connectivity index (χ0) is 17.0. The summed E-state index contributed by atoms with van der Waals surface area (Å²) in [6.07, 6.45) is 5.57.